The monoisotopic (exact) mass is 259 g/mol. The van der Waals surface area contributed by atoms with E-state index in [1.807, 2.05) is 32.0 Å². The van der Waals surface area contributed by atoms with Gasteiger partial charge < -0.3 is 10.1 Å². The molecule has 1 atom stereocenters. The second-order valence-corrected chi connectivity index (χ2v) is 4.35. The summed E-state index contributed by atoms with van der Waals surface area (Å²) >= 11 is 0. The number of esters is 1. The van der Waals surface area contributed by atoms with E-state index in [1.54, 1.807) is 12.3 Å². The number of hydrogen-bond donors (Lipinski definition) is 2. The number of ether oxygens (including phenoxy) is 1. The lowest BCUT2D eigenvalue weighted by molar-refractivity contribution is 0.0600. The van der Waals surface area contributed by atoms with Crippen LogP contribution in [0.5, 0.6) is 0 Å². The van der Waals surface area contributed by atoms with Crippen LogP contribution in [-0.4, -0.2) is 23.3 Å². The topological polar surface area (TPSA) is 67.0 Å². The first kappa shape index (κ1) is 13.1. The zero-order valence-electron chi connectivity index (χ0n) is 11.2. The third-order valence-corrected chi connectivity index (χ3v) is 3.10. The predicted octanol–water partition coefficient (Wildman–Crippen LogP) is 2.68. The van der Waals surface area contributed by atoms with Crippen molar-refractivity contribution in [3.63, 3.8) is 0 Å². The fourth-order valence-electron chi connectivity index (χ4n) is 1.94. The molecule has 100 valence electrons. The van der Waals surface area contributed by atoms with E-state index in [9.17, 15) is 4.79 Å². The number of H-pyrrole nitrogens is 1. The van der Waals surface area contributed by atoms with Gasteiger partial charge in [-0.15, -0.1) is 0 Å². The molecule has 1 aromatic carbocycles. The molecule has 5 nitrogen and oxygen atoms in total. The molecule has 2 aromatic rings. The van der Waals surface area contributed by atoms with Crippen LogP contribution in [0.2, 0.25) is 0 Å². The summed E-state index contributed by atoms with van der Waals surface area (Å²) in [5.41, 5.74) is 3.35. The highest BCUT2D eigenvalue weighted by Crippen LogP contribution is 2.23. The molecule has 0 saturated heterocycles. The summed E-state index contributed by atoms with van der Waals surface area (Å²) in [7, 11) is 1.38. The molecule has 0 amide bonds. The molecule has 0 aliphatic carbocycles. The minimum absolute atomic E-state index is 0.0779. The van der Waals surface area contributed by atoms with Gasteiger partial charge in [-0.05, 0) is 37.6 Å². The fourth-order valence-corrected chi connectivity index (χ4v) is 1.94. The van der Waals surface area contributed by atoms with Crippen LogP contribution in [0.15, 0.2) is 30.5 Å². The van der Waals surface area contributed by atoms with Gasteiger partial charge in [-0.25, -0.2) is 4.79 Å². The van der Waals surface area contributed by atoms with Crippen molar-refractivity contribution in [3.05, 3.63) is 47.3 Å². The Morgan fingerprint density at radius 3 is 2.84 bits per heavy atom. The van der Waals surface area contributed by atoms with Crippen molar-refractivity contribution in [3.8, 4) is 0 Å². The van der Waals surface area contributed by atoms with Gasteiger partial charge in [0.2, 0.25) is 0 Å². The van der Waals surface area contributed by atoms with Crippen molar-refractivity contribution in [2.75, 3.05) is 12.4 Å². The smallest absolute Gasteiger partial charge is 0.338 e. The number of aromatic nitrogens is 2. The molecule has 0 bridgehead atoms. The highest BCUT2D eigenvalue weighted by atomic mass is 16.5. The largest absolute Gasteiger partial charge is 0.465 e. The zero-order chi connectivity index (χ0) is 13.8. The molecule has 1 aromatic heterocycles. The number of methoxy groups -OCH3 is 1. The molecule has 1 unspecified atom stereocenters. The minimum atomic E-state index is -0.324. The zero-order valence-corrected chi connectivity index (χ0v) is 11.2. The molecule has 5 heteroatoms. The lowest BCUT2D eigenvalue weighted by Crippen LogP contribution is -2.11. The number of nitrogens with zero attached hydrogens (tertiary/aromatic N) is 1. The molecule has 0 fully saturated rings. The molecule has 2 rings (SSSR count). The predicted molar refractivity (Wildman–Crippen MR) is 73.1 cm³/mol. The van der Waals surface area contributed by atoms with Crippen LogP contribution in [0.4, 0.5) is 5.69 Å². The fraction of sp³-hybridized carbons (Fsp3) is 0.286. The van der Waals surface area contributed by atoms with Crippen LogP contribution in [0.3, 0.4) is 0 Å². The van der Waals surface area contributed by atoms with Gasteiger partial charge in [0, 0.05) is 11.9 Å². The van der Waals surface area contributed by atoms with Gasteiger partial charge in [0.1, 0.15) is 0 Å². The average molecular weight is 259 g/mol. The van der Waals surface area contributed by atoms with E-state index in [4.69, 9.17) is 4.74 Å². The van der Waals surface area contributed by atoms with Crippen molar-refractivity contribution < 1.29 is 9.53 Å². The third-order valence-electron chi connectivity index (χ3n) is 3.10. The van der Waals surface area contributed by atoms with Crippen molar-refractivity contribution in [2.24, 2.45) is 0 Å². The number of aromatic amines is 1. The van der Waals surface area contributed by atoms with Gasteiger partial charge in [-0.2, -0.15) is 5.10 Å². The van der Waals surface area contributed by atoms with Crippen LogP contribution in [0.25, 0.3) is 0 Å². The Hall–Kier alpha value is -2.30. The highest BCUT2D eigenvalue weighted by Gasteiger charge is 2.13. The molecule has 2 N–H and O–H groups in total. The van der Waals surface area contributed by atoms with Gasteiger partial charge in [-0.1, -0.05) is 6.07 Å². The summed E-state index contributed by atoms with van der Waals surface area (Å²) in [6.07, 6.45) is 1.71. The van der Waals surface area contributed by atoms with E-state index in [-0.39, 0.29) is 12.0 Å². The Morgan fingerprint density at radius 1 is 1.42 bits per heavy atom. The lowest BCUT2D eigenvalue weighted by Gasteiger charge is -2.17. The number of hydrogen-bond acceptors (Lipinski definition) is 4. The second kappa shape index (κ2) is 5.56. The number of rotatable bonds is 4. The molecule has 1 heterocycles. The summed E-state index contributed by atoms with van der Waals surface area (Å²) in [6, 6.07) is 7.52. The molecule has 0 spiro atoms. The van der Waals surface area contributed by atoms with Gasteiger partial charge >= 0.3 is 5.97 Å². The first-order valence-corrected chi connectivity index (χ1v) is 6.07. The Labute approximate surface area is 112 Å². The van der Waals surface area contributed by atoms with Crippen LogP contribution >= 0.6 is 0 Å². The standard InChI is InChI=1S/C14H17N3O2/c1-9-11(14(18)19-3)5-4-6-12(9)16-10(2)13-7-8-15-17-13/h4-8,10,16H,1-3H3,(H,15,17). The number of benzene rings is 1. The Kier molecular flexibility index (Phi) is 3.85. The molecular formula is C14H17N3O2. The first-order chi connectivity index (χ1) is 9.13. The molecule has 0 aliphatic rings. The van der Waals surface area contributed by atoms with Crippen molar-refractivity contribution in [2.45, 2.75) is 19.9 Å². The molecule has 0 aliphatic heterocycles. The van der Waals surface area contributed by atoms with Crippen molar-refractivity contribution in [1.82, 2.24) is 10.2 Å². The maximum atomic E-state index is 11.6. The van der Waals surface area contributed by atoms with Crippen molar-refractivity contribution in [1.29, 1.82) is 0 Å². The highest BCUT2D eigenvalue weighted by molar-refractivity contribution is 5.92. The summed E-state index contributed by atoms with van der Waals surface area (Å²) in [5.74, 6) is -0.324. The quantitative estimate of drug-likeness (QED) is 0.828. The van der Waals surface area contributed by atoms with E-state index in [0.717, 1.165) is 16.9 Å². The molecule has 0 saturated carbocycles. The first-order valence-electron chi connectivity index (χ1n) is 6.07. The number of carbonyl (C=O) groups is 1. The summed E-state index contributed by atoms with van der Waals surface area (Å²) in [5, 5.41) is 10.2. The lowest BCUT2D eigenvalue weighted by atomic mass is 10.1. The maximum absolute atomic E-state index is 11.6. The molecule has 0 radical (unpaired) electrons. The van der Waals surface area contributed by atoms with Gasteiger partial charge in [0.05, 0.1) is 24.4 Å². The number of nitrogens with one attached hydrogen (secondary N) is 2. The van der Waals surface area contributed by atoms with Gasteiger partial charge in [0.25, 0.3) is 0 Å². The average Bonchev–Trinajstić information content (AvgIpc) is 2.94. The van der Waals surface area contributed by atoms with Crippen LogP contribution < -0.4 is 5.32 Å². The van der Waals surface area contributed by atoms with E-state index < -0.39 is 0 Å². The molecular weight excluding hydrogens is 242 g/mol. The van der Waals surface area contributed by atoms with Crippen LogP contribution in [0, 0.1) is 6.92 Å². The molecule has 19 heavy (non-hydrogen) atoms. The van der Waals surface area contributed by atoms with E-state index >= 15 is 0 Å². The van der Waals surface area contributed by atoms with Crippen molar-refractivity contribution >= 4 is 11.7 Å². The Morgan fingerprint density at radius 2 is 2.21 bits per heavy atom. The van der Waals surface area contributed by atoms with Gasteiger partial charge in [0.15, 0.2) is 0 Å². The number of anilines is 1. The van der Waals surface area contributed by atoms with E-state index in [2.05, 4.69) is 15.5 Å². The second-order valence-electron chi connectivity index (χ2n) is 4.35. The third kappa shape index (κ3) is 2.76. The van der Waals surface area contributed by atoms with Gasteiger partial charge in [-0.3, -0.25) is 5.10 Å². The van der Waals surface area contributed by atoms with E-state index in [0.29, 0.717) is 5.56 Å². The maximum Gasteiger partial charge on any atom is 0.338 e. The Balaban J connectivity index is 2.24. The van der Waals surface area contributed by atoms with Crippen LogP contribution in [-0.2, 0) is 4.74 Å². The van der Waals surface area contributed by atoms with E-state index in [1.165, 1.54) is 7.11 Å². The summed E-state index contributed by atoms with van der Waals surface area (Å²) in [4.78, 5) is 11.6. The summed E-state index contributed by atoms with van der Waals surface area (Å²) < 4.78 is 4.77. The normalized spacial score (nSPS) is 11.9. The number of carbonyl (C=O) groups excluding carboxylic acids is 1. The van der Waals surface area contributed by atoms with Crippen LogP contribution in [0.1, 0.15) is 34.6 Å². The SMILES string of the molecule is COC(=O)c1cccc(NC(C)c2ccn[nH]2)c1C. The minimum Gasteiger partial charge on any atom is -0.465 e. The summed E-state index contributed by atoms with van der Waals surface area (Å²) in [6.45, 7) is 3.92. The Bertz CT molecular complexity index is 564.